The maximum Gasteiger partial charge on any atom is 0.328 e. The molecule has 1 aromatic heterocycles. The van der Waals surface area contributed by atoms with E-state index in [1.165, 1.54) is 16.5 Å². The van der Waals surface area contributed by atoms with Gasteiger partial charge in [-0.3, -0.25) is 0 Å². The second-order valence-corrected chi connectivity index (χ2v) is 6.79. The van der Waals surface area contributed by atoms with Gasteiger partial charge < -0.3 is 24.4 Å². The van der Waals surface area contributed by atoms with E-state index >= 15 is 0 Å². The van der Waals surface area contributed by atoms with Crippen LogP contribution in [0.4, 0.5) is 0 Å². The lowest BCUT2D eigenvalue weighted by molar-refractivity contribution is -0.134. The Kier molecular flexibility index (Phi) is 8.65. The van der Waals surface area contributed by atoms with E-state index in [9.17, 15) is 9.59 Å². The van der Waals surface area contributed by atoms with Crippen molar-refractivity contribution >= 4 is 22.8 Å². The highest BCUT2D eigenvalue weighted by atomic mass is 16.5. The molecule has 0 amide bonds. The molecule has 1 heterocycles. The minimum atomic E-state index is -1.26. The molecule has 0 unspecified atom stereocenters. The van der Waals surface area contributed by atoms with Gasteiger partial charge in [-0.25, -0.2) is 9.59 Å². The highest BCUT2D eigenvalue weighted by Gasteiger charge is 2.07. The summed E-state index contributed by atoms with van der Waals surface area (Å²) in [5.41, 5.74) is 2.42. The SMILES string of the molecule is CN(C)CCn1ccc2c(OCc3ccccc3)cccc21.O=C(O)/C=C/C(=O)O. The molecule has 0 fully saturated rings. The normalized spacial score (nSPS) is 10.8. The predicted octanol–water partition coefficient (Wildman–Crippen LogP) is 3.49. The molecule has 0 radical (unpaired) electrons. The minimum absolute atomic E-state index is 0.558. The largest absolute Gasteiger partial charge is 0.488 e. The minimum Gasteiger partial charge on any atom is -0.488 e. The molecule has 0 atom stereocenters. The summed E-state index contributed by atoms with van der Waals surface area (Å²) in [5, 5.41) is 16.8. The van der Waals surface area contributed by atoms with Crippen molar-refractivity contribution in [2.24, 2.45) is 0 Å². The van der Waals surface area contributed by atoms with Gasteiger partial charge >= 0.3 is 11.9 Å². The molecule has 3 rings (SSSR count). The molecule has 0 bridgehead atoms. The zero-order valence-corrected chi connectivity index (χ0v) is 17.1. The third-order valence-corrected chi connectivity index (χ3v) is 4.17. The van der Waals surface area contributed by atoms with Gasteiger partial charge in [-0.2, -0.15) is 0 Å². The Hall–Kier alpha value is -3.58. The molecule has 158 valence electrons. The number of carboxylic acid groups (broad SMARTS) is 2. The lowest BCUT2D eigenvalue weighted by atomic mass is 10.2. The van der Waals surface area contributed by atoms with Crippen LogP contribution >= 0.6 is 0 Å². The van der Waals surface area contributed by atoms with Crippen LogP contribution in [0, 0.1) is 0 Å². The zero-order valence-electron chi connectivity index (χ0n) is 17.1. The first-order chi connectivity index (χ1) is 14.4. The molecule has 7 heteroatoms. The molecule has 0 saturated heterocycles. The van der Waals surface area contributed by atoms with Gasteiger partial charge in [0.05, 0.1) is 5.52 Å². The van der Waals surface area contributed by atoms with Gasteiger partial charge in [-0.15, -0.1) is 0 Å². The van der Waals surface area contributed by atoms with Crippen molar-refractivity contribution in [2.45, 2.75) is 13.2 Å². The maximum absolute atomic E-state index is 9.55. The van der Waals surface area contributed by atoms with E-state index in [4.69, 9.17) is 14.9 Å². The van der Waals surface area contributed by atoms with Crippen molar-refractivity contribution in [1.82, 2.24) is 9.47 Å². The Morgan fingerprint density at radius 1 is 0.967 bits per heavy atom. The van der Waals surface area contributed by atoms with Gasteiger partial charge in [0.15, 0.2) is 0 Å². The number of aliphatic carboxylic acids is 2. The molecule has 0 aliphatic rings. The Bertz CT molecular complexity index is 977. The van der Waals surface area contributed by atoms with E-state index in [-0.39, 0.29) is 0 Å². The number of hydrogen-bond acceptors (Lipinski definition) is 4. The number of carbonyl (C=O) groups is 2. The van der Waals surface area contributed by atoms with Crippen LogP contribution in [-0.2, 0) is 22.7 Å². The Morgan fingerprint density at radius 3 is 2.23 bits per heavy atom. The number of ether oxygens (including phenoxy) is 1. The average molecular weight is 410 g/mol. The quantitative estimate of drug-likeness (QED) is 0.553. The molecule has 0 aliphatic heterocycles. The van der Waals surface area contributed by atoms with Gasteiger partial charge in [-0.05, 0) is 37.9 Å². The highest BCUT2D eigenvalue weighted by Crippen LogP contribution is 2.27. The molecule has 0 spiro atoms. The van der Waals surface area contributed by atoms with Crippen molar-refractivity contribution < 1.29 is 24.5 Å². The van der Waals surface area contributed by atoms with Crippen molar-refractivity contribution in [3.05, 3.63) is 78.5 Å². The fraction of sp³-hybridized carbons (Fsp3) is 0.217. The van der Waals surface area contributed by atoms with E-state index in [1.54, 1.807) is 0 Å². The summed E-state index contributed by atoms with van der Waals surface area (Å²) in [7, 11) is 4.19. The summed E-state index contributed by atoms with van der Waals surface area (Å²) in [6.07, 6.45) is 3.26. The third-order valence-electron chi connectivity index (χ3n) is 4.17. The van der Waals surface area contributed by atoms with Crippen molar-refractivity contribution in [3.63, 3.8) is 0 Å². The number of nitrogens with zero attached hydrogens (tertiary/aromatic N) is 2. The van der Waals surface area contributed by atoms with Gasteiger partial charge in [0.25, 0.3) is 0 Å². The van der Waals surface area contributed by atoms with Crippen molar-refractivity contribution in [1.29, 1.82) is 0 Å². The number of fused-ring (bicyclic) bond motifs is 1. The summed E-state index contributed by atoms with van der Waals surface area (Å²) in [4.78, 5) is 21.3. The fourth-order valence-corrected chi connectivity index (χ4v) is 2.70. The van der Waals surface area contributed by atoms with Crippen LogP contribution < -0.4 is 4.74 Å². The van der Waals surface area contributed by atoms with Gasteiger partial charge in [0.1, 0.15) is 12.4 Å². The number of carboxylic acids is 2. The molecule has 3 aromatic rings. The molecule has 2 N–H and O–H groups in total. The smallest absolute Gasteiger partial charge is 0.328 e. The summed E-state index contributed by atoms with van der Waals surface area (Å²) in [6, 6.07) is 18.7. The predicted molar refractivity (Wildman–Crippen MR) is 116 cm³/mol. The zero-order chi connectivity index (χ0) is 21.9. The highest BCUT2D eigenvalue weighted by molar-refractivity contribution is 5.89. The van der Waals surface area contributed by atoms with Crippen LogP contribution in [0.2, 0.25) is 0 Å². The first-order valence-corrected chi connectivity index (χ1v) is 9.40. The van der Waals surface area contributed by atoms with Crippen LogP contribution in [0.25, 0.3) is 10.9 Å². The Balaban J connectivity index is 0.000000343. The van der Waals surface area contributed by atoms with Crippen LogP contribution in [0.5, 0.6) is 5.75 Å². The first kappa shape index (κ1) is 22.7. The van der Waals surface area contributed by atoms with Gasteiger partial charge in [0, 0.05) is 36.8 Å². The van der Waals surface area contributed by atoms with Crippen molar-refractivity contribution in [2.75, 3.05) is 20.6 Å². The van der Waals surface area contributed by atoms with E-state index < -0.39 is 11.9 Å². The van der Waals surface area contributed by atoms with E-state index in [0.29, 0.717) is 18.8 Å². The van der Waals surface area contributed by atoms with Gasteiger partial charge in [0.2, 0.25) is 0 Å². The lowest BCUT2D eigenvalue weighted by Gasteiger charge is -2.12. The molecular formula is C23H26N2O5. The van der Waals surface area contributed by atoms with Crippen LogP contribution in [0.3, 0.4) is 0 Å². The molecule has 7 nitrogen and oxygen atoms in total. The Morgan fingerprint density at radius 2 is 1.63 bits per heavy atom. The topological polar surface area (TPSA) is 92.0 Å². The number of aromatic nitrogens is 1. The number of benzene rings is 2. The standard InChI is InChI=1S/C19H22N2O.C4H4O4/c1-20(2)13-14-21-12-11-17-18(21)9-6-10-19(17)22-15-16-7-4-3-5-8-16;5-3(6)1-2-4(7)8/h3-12H,13-15H2,1-2H3;1-2H,(H,5,6)(H,7,8)/b;2-1+. The molecular weight excluding hydrogens is 384 g/mol. The number of likely N-dealkylation sites (N-methyl/N-ethyl adjacent to an activating group) is 1. The monoisotopic (exact) mass is 410 g/mol. The summed E-state index contributed by atoms with van der Waals surface area (Å²) < 4.78 is 8.30. The molecule has 0 saturated carbocycles. The summed E-state index contributed by atoms with van der Waals surface area (Å²) in [5.74, 6) is -1.57. The van der Waals surface area contributed by atoms with Crippen LogP contribution in [0.15, 0.2) is 72.9 Å². The van der Waals surface area contributed by atoms with Gasteiger partial charge in [-0.1, -0.05) is 36.4 Å². The maximum atomic E-state index is 9.55. The summed E-state index contributed by atoms with van der Waals surface area (Å²) >= 11 is 0. The lowest BCUT2D eigenvalue weighted by Crippen LogP contribution is -2.17. The van der Waals surface area contributed by atoms with E-state index in [2.05, 4.69) is 60.1 Å². The van der Waals surface area contributed by atoms with Crippen LogP contribution in [0.1, 0.15) is 5.56 Å². The fourth-order valence-electron chi connectivity index (χ4n) is 2.70. The third kappa shape index (κ3) is 7.44. The second-order valence-electron chi connectivity index (χ2n) is 6.79. The second kappa shape index (κ2) is 11.4. The Labute approximate surface area is 175 Å². The van der Waals surface area contributed by atoms with Crippen molar-refractivity contribution in [3.8, 4) is 5.75 Å². The molecule has 30 heavy (non-hydrogen) atoms. The summed E-state index contributed by atoms with van der Waals surface area (Å²) in [6.45, 7) is 2.61. The average Bonchev–Trinajstić information content (AvgIpc) is 3.14. The molecule has 2 aromatic carbocycles. The van der Waals surface area contributed by atoms with E-state index in [1.807, 2.05) is 24.3 Å². The molecule has 0 aliphatic carbocycles. The number of hydrogen-bond donors (Lipinski definition) is 2. The van der Waals surface area contributed by atoms with Crippen LogP contribution in [-0.4, -0.2) is 52.3 Å². The first-order valence-electron chi connectivity index (χ1n) is 9.40. The number of rotatable bonds is 8. The van der Waals surface area contributed by atoms with E-state index in [0.717, 1.165) is 18.8 Å².